The topological polar surface area (TPSA) is 42.2 Å². The van der Waals surface area contributed by atoms with Gasteiger partial charge < -0.3 is 5.32 Å². The van der Waals surface area contributed by atoms with Gasteiger partial charge in [-0.15, -0.1) is 0 Å². The Kier molecular flexibility index (Phi) is 2.83. The summed E-state index contributed by atoms with van der Waals surface area (Å²) in [5.74, 6) is 1.06. The molecule has 1 aliphatic rings. The number of hydrogen-bond donors (Lipinski definition) is 1. The predicted molar refractivity (Wildman–Crippen MR) is 63.8 cm³/mol. The van der Waals surface area contributed by atoms with Crippen LogP contribution in [0.5, 0.6) is 0 Å². The number of halogens is 3. The number of hydrogen-bond acceptors (Lipinski definition) is 3. The van der Waals surface area contributed by atoms with E-state index in [1.54, 1.807) is 0 Å². The van der Waals surface area contributed by atoms with Crippen molar-refractivity contribution in [1.82, 2.24) is 14.6 Å². The van der Waals surface area contributed by atoms with Crippen LogP contribution < -0.4 is 5.32 Å². The highest BCUT2D eigenvalue weighted by Gasteiger charge is 2.34. The van der Waals surface area contributed by atoms with Gasteiger partial charge in [-0.05, 0) is 18.8 Å². The number of alkyl halides is 3. The van der Waals surface area contributed by atoms with Crippen LogP contribution in [-0.4, -0.2) is 21.1 Å². The van der Waals surface area contributed by atoms with Crippen molar-refractivity contribution >= 4 is 11.3 Å². The molecule has 7 heteroatoms. The van der Waals surface area contributed by atoms with E-state index in [1.165, 1.54) is 36.2 Å². The third-order valence-corrected chi connectivity index (χ3v) is 3.46. The van der Waals surface area contributed by atoms with Crippen molar-refractivity contribution in [1.29, 1.82) is 0 Å². The van der Waals surface area contributed by atoms with E-state index >= 15 is 0 Å². The van der Waals surface area contributed by atoms with Crippen molar-refractivity contribution in [3.63, 3.8) is 0 Å². The molecule has 102 valence electrons. The maximum atomic E-state index is 12.6. The normalized spacial score (nSPS) is 16.6. The molecule has 0 unspecified atom stereocenters. The summed E-state index contributed by atoms with van der Waals surface area (Å²) in [6.07, 6.45) is 2.00. The molecule has 2 heterocycles. The van der Waals surface area contributed by atoms with Crippen LogP contribution in [0.2, 0.25) is 0 Å². The van der Waals surface area contributed by atoms with Crippen molar-refractivity contribution in [3.8, 4) is 0 Å². The van der Waals surface area contributed by atoms with E-state index in [9.17, 15) is 13.2 Å². The lowest BCUT2D eigenvalue weighted by atomic mass is 9.85. The van der Waals surface area contributed by atoms with E-state index in [4.69, 9.17) is 0 Å². The van der Waals surface area contributed by atoms with Gasteiger partial charge in [0.25, 0.3) is 0 Å². The average molecular weight is 270 g/mol. The number of nitrogens with zero attached hydrogens (tertiary/aromatic N) is 3. The first kappa shape index (κ1) is 12.3. The molecule has 0 radical (unpaired) electrons. The summed E-state index contributed by atoms with van der Waals surface area (Å²) in [6.45, 7) is 0.749. The SMILES string of the molecule is FC(F)(F)c1cc2c(NCC3CCC3)nccn2n1. The van der Waals surface area contributed by atoms with Gasteiger partial charge >= 0.3 is 6.18 Å². The first-order valence-corrected chi connectivity index (χ1v) is 6.19. The van der Waals surface area contributed by atoms with Crippen molar-refractivity contribution < 1.29 is 13.2 Å². The molecular formula is C12H13F3N4. The molecule has 0 aromatic carbocycles. The number of aromatic nitrogens is 3. The Labute approximate surface area is 107 Å². The summed E-state index contributed by atoms with van der Waals surface area (Å²) in [5.41, 5.74) is -0.540. The van der Waals surface area contributed by atoms with Crippen molar-refractivity contribution in [2.24, 2.45) is 5.92 Å². The molecule has 0 atom stereocenters. The Bertz CT molecular complexity index is 586. The van der Waals surface area contributed by atoms with Crippen molar-refractivity contribution in [2.75, 3.05) is 11.9 Å². The van der Waals surface area contributed by atoms with E-state index in [0.29, 0.717) is 17.3 Å². The molecule has 3 rings (SSSR count). The fraction of sp³-hybridized carbons (Fsp3) is 0.500. The molecule has 1 fully saturated rings. The summed E-state index contributed by atoms with van der Waals surface area (Å²) < 4.78 is 39.1. The minimum atomic E-state index is -4.43. The zero-order valence-electron chi connectivity index (χ0n) is 10.1. The van der Waals surface area contributed by atoms with Crippen LogP contribution >= 0.6 is 0 Å². The number of anilines is 1. The Morgan fingerprint density at radius 3 is 2.79 bits per heavy atom. The number of rotatable bonds is 3. The average Bonchev–Trinajstić information content (AvgIpc) is 2.71. The largest absolute Gasteiger partial charge is 0.435 e. The second kappa shape index (κ2) is 4.40. The maximum absolute atomic E-state index is 12.6. The Morgan fingerprint density at radius 1 is 1.37 bits per heavy atom. The van der Waals surface area contributed by atoms with Crippen molar-refractivity contribution in [3.05, 3.63) is 24.2 Å². The molecule has 0 bridgehead atoms. The Hall–Kier alpha value is -1.79. The van der Waals surface area contributed by atoms with Gasteiger partial charge in [0.15, 0.2) is 11.5 Å². The van der Waals surface area contributed by atoms with E-state index in [2.05, 4.69) is 15.4 Å². The quantitative estimate of drug-likeness (QED) is 0.932. The first-order chi connectivity index (χ1) is 9.04. The molecule has 2 aromatic heterocycles. The third-order valence-electron chi connectivity index (χ3n) is 3.46. The van der Waals surface area contributed by atoms with Crippen LogP contribution in [0.4, 0.5) is 19.0 Å². The lowest BCUT2D eigenvalue weighted by molar-refractivity contribution is -0.141. The smallest absolute Gasteiger partial charge is 0.368 e. The molecule has 1 N–H and O–H groups in total. The van der Waals surface area contributed by atoms with Crippen LogP contribution in [0.25, 0.3) is 5.52 Å². The first-order valence-electron chi connectivity index (χ1n) is 6.19. The standard InChI is InChI=1S/C12H13F3N4/c13-12(14,15)10-6-9-11(16-4-5-19(9)18-10)17-7-8-2-1-3-8/h4-6,8H,1-3,7H2,(H,16,17). The molecule has 0 spiro atoms. The van der Waals surface area contributed by atoms with Gasteiger partial charge in [0.1, 0.15) is 5.52 Å². The molecule has 0 saturated heterocycles. The summed E-state index contributed by atoms with van der Waals surface area (Å²) in [5, 5.41) is 6.63. The molecule has 4 nitrogen and oxygen atoms in total. The molecular weight excluding hydrogens is 257 g/mol. The fourth-order valence-corrected chi connectivity index (χ4v) is 2.13. The van der Waals surface area contributed by atoms with Gasteiger partial charge in [-0.1, -0.05) is 6.42 Å². The van der Waals surface area contributed by atoms with Crippen LogP contribution in [0.1, 0.15) is 25.0 Å². The van der Waals surface area contributed by atoms with Crippen molar-refractivity contribution in [2.45, 2.75) is 25.4 Å². The van der Waals surface area contributed by atoms with Crippen LogP contribution in [0.3, 0.4) is 0 Å². The van der Waals surface area contributed by atoms with E-state index < -0.39 is 11.9 Å². The highest BCUT2D eigenvalue weighted by Crippen LogP contribution is 2.30. The van der Waals surface area contributed by atoms with Gasteiger partial charge in [0.2, 0.25) is 0 Å². The molecule has 1 saturated carbocycles. The fourth-order valence-electron chi connectivity index (χ4n) is 2.13. The van der Waals surface area contributed by atoms with E-state index in [1.807, 2.05) is 0 Å². The summed E-state index contributed by atoms with van der Waals surface area (Å²) in [4.78, 5) is 4.09. The zero-order chi connectivity index (χ0) is 13.5. The summed E-state index contributed by atoms with van der Waals surface area (Å²) >= 11 is 0. The zero-order valence-corrected chi connectivity index (χ0v) is 10.1. The minimum Gasteiger partial charge on any atom is -0.368 e. The number of fused-ring (bicyclic) bond motifs is 1. The second-order valence-electron chi connectivity index (χ2n) is 4.81. The van der Waals surface area contributed by atoms with E-state index in [0.717, 1.165) is 12.6 Å². The highest BCUT2D eigenvalue weighted by molar-refractivity contribution is 5.67. The molecule has 2 aromatic rings. The lowest BCUT2D eigenvalue weighted by Crippen LogP contribution is -2.21. The molecule has 0 aliphatic heterocycles. The van der Waals surface area contributed by atoms with Crippen LogP contribution in [0, 0.1) is 5.92 Å². The summed E-state index contributed by atoms with van der Waals surface area (Å²) in [6, 6.07) is 1.02. The van der Waals surface area contributed by atoms with Gasteiger partial charge in [-0.25, -0.2) is 9.50 Å². The van der Waals surface area contributed by atoms with Gasteiger partial charge in [-0.2, -0.15) is 18.3 Å². The maximum Gasteiger partial charge on any atom is 0.435 e. The predicted octanol–water partition coefficient (Wildman–Crippen LogP) is 2.96. The highest BCUT2D eigenvalue weighted by atomic mass is 19.4. The van der Waals surface area contributed by atoms with Crippen LogP contribution in [0.15, 0.2) is 18.5 Å². The molecule has 0 amide bonds. The van der Waals surface area contributed by atoms with Gasteiger partial charge in [0.05, 0.1) is 0 Å². The third kappa shape index (κ3) is 2.36. The Morgan fingerprint density at radius 2 is 2.16 bits per heavy atom. The van der Waals surface area contributed by atoms with Gasteiger partial charge in [0, 0.05) is 25.0 Å². The molecule has 19 heavy (non-hydrogen) atoms. The molecule has 1 aliphatic carbocycles. The van der Waals surface area contributed by atoms with E-state index in [-0.39, 0.29) is 0 Å². The second-order valence-corrected chi connectivity index (χ2v) is 4.81. The Balaban J connectivity index is 1.88. The minimum absolute atomic E-state index is 0.356. The van der Waals surface area contributed by atoms with Crippen LogP contribution in [-0.2, 0) is 6.18 Å². The lowest BCUT2D eigenvalue weighted by Gasteiger charge is -2.25. The monoisotopic (exact) mass is 270 g/mol. The number of nitrogens with one attached hydrogen (secondary N) is 1. The van der Waals surface area contributed by atoms with Gasteiger partial charge in [-0.3, -0.25) is 0 Å². The summed E-state index contributed by atoms with van der Waals surface area (Å²) in [7, 11) is 0.